The van der Waals surface area contributed by atoms with E-state index in [1.807, 2.05) is 18.2 Å². The Kier molecular flexibility index (Phi) is 5.54. The maximum atomic E-state index is 12.8. The van der Waals surface area contributed by atoms with E-state index in [2.05, 4.69) is 28.2 Å². The number of rotatable bonds is 5. The van der Waals surface area contributed by atoms with Gasteiger partial charge in [-0.25, -0.2) is 0 Å². The van der Waals surface area contributed by atoms with Gasteiger partial charge in [-0.1, -0.05) is 0 Å². The second kappa shape index (κ2) is 8.13. The molecule has 0 bridgehead atoms. The van der Waals surface area contributed by atoms with Crippen LogP contribution in [0.1, 0.15) is 17.3 Å². The Labute approximate surface area is 179 Å². The number of carbonyl (C=O) groups is 2. The minimum atomic E-state index is -0.432. The van der Waals surface area contributed by atoms with Gasteiger partial charge in [0.1, 0.15) is 6.04 Å². The molecule has 156 valence electrons. The number of benzene rings is 1. The fourth-order valence-corrected chi connectivity index (χ4v) is 4.85. The van der Waals surface area contributed by atoms with Crippen LogP contribution in [0.15, 0.2) is 30.5 Å². The molecular weight excluding hydrogens is 402 g/mol. The van der Waals surface area contributed by atoms with Crippen LogP contribution in [0, 0.1) is 11.3 Å². The molecule has 9 heteroatoms. The lowest BCUT2D eigenvalue weighted by molar-refractivity contribution is -0.129. The SMILES string of the molecule is COC1(C)CN(c2ccc3nccc(C(=O)NCC(=O)N4CSC[C@H]4C#N)c3c2)C1. The normalized spacial score (nSPS) is 20.0. The minimum Gasteiger partial charge on any atom is -0.375 e. The zero-order valence-electron chi connectivity index (χ0n) is 16.9. The molecule has 0 spiro atoms. The number of nitrogens with one attached hydrogen (secondary N) is 1. The first-order chi connectivity index (χ1) is 14.4. The van der Waals surface area contributed by atoms with Crippen molar-refractivity contribution in [2.75, 3.05) is 43.3 Å². The van der Waals surface area contributed by atoms with Gasteiger partial charge < -0.3 is 19.9 Å². The highest BCUT2D eigenvalue weighted by atomic mass is 32.2. The molecule has 2 fully saturated rings. The molecule has 2 aliphatic rings. The highest BCUT2D eigenvalue weighted by molar-refractivity contribution is 7.99. The lowest BCUT2D eigenvalue weighted by atomic mass is 9.95. The number of amides is 2. The average molecular weight is 426 g/mol. The number of hydrogen-bond acceptors (Lipinski definition) is 7. The summed E-state index contributed by atoms with van der Waals surface area (Å²) in [6, 6.07) is 9.19. The lowest BCUT2D eigenvalue weighted by Crippen LogP contribution is -2.61. The molecule has 0 radical (unpaired) electrons. The smallest absolute Gasteiger partial charge is 0.252 e. The number of ether oxygens (including phenoxy) is 1. The van der Waals surface area contributed by atoms with E-state index in [-0.39, 0.29) is 24.0 Å². The van der Waals surface area contributed by atoms with Gasteiger partial charge in [0.05, 0.1) is 35.2 Å². The number of carbonyl (C=O) groups excluding carboxylic acids is 2. The van der Waals surface area contributed by atoms with E-state index in [0.717, 1.165) is 24.2 Å². The van der Waals surface area contributed by atoms with Crippen LogP contribution in [0.3, 0.4) is 0 Å². The molecule has 0 saturated carbocycles. The van der Waals surface area contributed by atoms with Crippen molar-refractivity contribution in [3.8, 4) is 6.07 Å². The predicted molar refractivity (Wildman–Crippen MR) is 115 cm³/mol. The maximum absolute atomic E-state index is 12.8. The van der Waals surface area contributed by atoms with Gasteiger partial charge in [0, 0.05) is 43.2 Å². The van der Waals surface area contributed by atoms with Gasteiger partial charge in [-0.2, -0.15) is 5.26 Å². The van der Waals surface area contributed by atoms with Crippen LogP contribution in [0.5, 0.6) is 0 Å². The van der Waals surface area contributed by atoms with E-state index in [0.29, 0.717) is 22.7 Å². The molecule has 0 unspecified atom stereocenters. The zero-order valence-corrected chi connectivity index (χ0v) is 17.7. The number of pyridine rings is 1. The van der Waals surface area contributed by atoms with E-state index in [1.54, 1.807) is 19.4 Å². The molecular formula is C21H23N5O3S. The second-order valence-corrected chi connectivity index (χ2v) is 8.76. The summed E-state index contributed by atoms with van der Waals surface area (Å²) in [5.41, 5.74) is 2.03. The molecule has 2 aromatic rings. The lowest BCUT2D eigenvalue weighted by Gasteiger charge is -2.48. The van der Waals surface area contributed by atoms with Gasteiger partial charge in [-0.3, -0.25) is 14.6 Å². The first-order valence-corrected chi connectivity index (χ1v) is 10.8. The Morgan fingerprint density at radius 2 is 2.20 bits per heavy atom. The third-order valence-corrected chi connectivity index (χ3v) is 6.64. The van der Waals surface area contributed by atoms with Crippen LogP contribution < -0.4 is 10.2 Å². The zero-order chi connectivity index (χ0) is 21.3. The molecule has 1 atom stereocenters. The van der Waals surface area contributed by atoms with Gasteiger partial charge in [-0.15, -0.1) is 11.8 Å². The van der Waals surface area contributed by atoms with Crippen molar-refractivity contribution in [2.24, 2.45) is 0 Å². The number of thioether (sulfide) groups is 1. The van der Waals surface area contributed by atoms with Crippen molar-refractivity contribution in [2.45, 2.75) is 18.6 Å². The summed E-state index contributed by atoms with van der Waals surface area (Å²) in [4.78, 5) is 33.3. The Morgan fingerprint density at radius 1 is 1.40 bits per heavy atom. The van der Waals surface area contributed by atoms with E-state index in [1.165, 1.54) is 16.7 Å². The summed E-state index contributed by atoms with van der Waals surface area (Å²) in [5.74, 6) is 0.495. The van der Waals surface area contributed by atoms with Crippen molar-refractivity contribution in [3.63, 3.8) is 0 Å². The largest absolute Gasteiger partial charge is 0.375 e. The van der Waals surface area contributed by atoms with Crippen LogP contribution >= 0.6 is 11.8 Å². The molecule has 30 heavy (non-hydrogen) atoms. The number of nitriles is 1. The summed E-state index contributed by atoms with van der Waals surface area (Å²) >= 11 is 1.54. The molecule has 2 saturated heterocycles. The van der Waals surface area contributed by atoms with Gasteiger partial charge in [-0.05, 0) is 31.2 Å². The average Bonchev–Trinajstić information content (AvgIpc) is 3.23. The number of methoxy groups -OCH3 is 1. The van der Waals surface area contributed by atoms with E-state index >= 15 is 0 Å². The standard InChI is InChI=1S/C21H23N5O3S/c1-21(29-2)11-25(12-21)14-3-4-18-17(7-14)16(5-6-23-18)20(28)24-9-19(27)26-13-30-10-15(26)8-22/h3-7,15H,9-13H2,1-2H3,(H,24,28)/t15-/m1/s1. The van der Waals surface area contributed by atoms with Gasteiger partial charge in [0.2, 0.25) is 5.91 Å². The van der Waals surface area contributed by atoms with Gasteiger partial charge in [0.15, 0.2) is 0 Å². The van der Waals surface area contributed by atoms with Crippen molar-refractivity contribution >= 4 is 40.2 Å². The Bertz CT molecular complexity index is 1030. The topological polar surface area (TPSA) is 98.6 Å². The van der Waals surface area contributed by atoms with Crippen LogP contribution in [0.2, 0.25) is 0 Å². The number of nitrogens with zero attached hydrogens (tertiary/aromatic N) is 4. The first-order valence-electron chi connectivity index (χ1n) is 9.68. The second-order valence-electron chi connectivity index (χ2n) is 7.76. The fourth-order valence-electron chi connectivity index (χ4n) is 3.75. The summed E-state index contributed by atoms with van der Waals surface area (Å²) in [7, 11) is 1.71. The Morgan fingerprint density at radius 3 is 2.93 bits per heavy atom. The molecule has 2 amide bonds. The monoisotopic (exact) mass is 425 g/mol. The molecule has 8 nitrogen and oxygen atoms in total. The predicted octanol–water partition coefficient (Wildman–Crippen LogP) is 1.61. The molecule has 4 rings (SSSR count). The quantitative estimate of drug-likeness (QED) is 0.777. The van der Waals surface area contributed by atoms with Crippen molar-refractivity contribution in [1.82, 2.24) is 15.2 Å². The van der Waals surface area contributed by atoms with E-state index < -0.39 is 6.04 Å². The number of anilines is 1. The van der Waals surface area contributed by atoms with Crippen LogP contribution in [-0.2, 0) is 9.53 Å². The highest BCUT2D eigenvalue weighted by Crippen LogP contribution is 2.32. The van der Waals surface area contributed by atoms with E-state index in [4.69, 9.17) is 10.00 Å². The molecule has 1 N–H and O–H groups in total. The molecule has 0 aliphatic carbocycles. The van der Waals surface area contributed by atoms with Gasteiger partial charge >= 0.3 is 0 Å². The highest BCUT2D eigenvalue weighted by Gasteiger charge is 2.39. The van der Waals surface area contributed by atoms with Gasteiger partial charge in [0.25, 0.3) is 5.91 Å². The third-order valence-electron chi connectivity index (χ3n) is 5.63. The van der Waals surface area contributed by atoms with Crippen molar-refractivity contribution < 1.29 is 14.3 Å². The van der Waals surface area contributed by atoms with Crippen molar-refractivity contribution in [3.05, 3.63) is 36.0 Å². The number of hydrogen-bond donors (Lipinski definition) is 1. The Balaban J connectivity index is 1.49. The maximum Gasteiger partial charge on any atom is 0.252 e. The molecule has 1 aromatic carbocycles. The van der Waals surface area contributed by atoms with Crippen LogP contribution in [0.25, 0.3) is 10.9 Å². The summed E-state index contributed by atoms with van der Waals surface area (Å²) in [6.45, 7) is 3.48. The summed E-state index contributed by atoms with van der Waals surface area (Å²) < 4.78 is 5.51. The van der Waals surface area contributed by atoms with Crippen LogP contribution in [-0.4, -0.2) is 71.7 Å². The van der Waals surface area contributed by atoms with Crippen molar-refractivity contribution in [1.29, 1.82) is 5.26 Å². The van der Waals surface area contributed by atoms with E-state index in [9.17, 15) is 9.59 Å². The Hall–Kier alpha value is -2.83. The summed E-state index contributed by atoms with van der Waals surface area (Å²) in [5, 5.41) is 12.6. The first kappa shape index (κ1) is 20.4. The summed E-state index contributed by atoms with van der Waals surface area (Å²) in [6.07, 6.45) is 1.59. The van der Waals surface area contributed by atoms with Crippen LogP contribution in [0.4, 0.5) is 5.69 Å². The fraction of sp³-hybridized carbons (Fsp3) is 0.429. The third kappa shape index (κ3) is 3.80. The number of aromatic nitrogens is 1. The molecule has 1 aromatic heterocycles. The minimum absolute atomic E-state index is 0.139. The molecule has 3 heterocycles. The molecule has 2 aliphatic heterocycles. The number of fused-ring (bicyclic) bond motifs is 1.